The molecule has 1 aromatic carbocycles. The summed E-state index contributed by atoms with van der Waals surface area (Å²) in [7, 11) is 0. The molecule has 0 bridgehead atoms. The van der Waals surface area contributed by atoms with Crippen LogP contribution >= 0.6 is 0 Å². The third kappa shape index (κ3) is 3.30. The highest BCUT2D eigenvalue weighted by Gasteiger charge is 2.07. The number of hydrogen-bond donors (Lipinski definition) is 1. The molecule has 0 aliphatic rings. The number of benzene rings is 1. The van der Waals surface area contributed by atoms with E-state index < -0.39 is 0 Å². The van der Waals surface area contributed by atoms with E-state index in [1.807, 2.05) is 43.5 Å². The average molecular weight is 246 g/mol. The van der Waals surface area contributed by atoms with Crippen LogP contribution in [0.4, 0.5) is 0 Å². The maximum Gasteiger partial charge on any atom is 0.119 e. The van der Waals surface area contributed by atoms with E-state index in [9.17, 15) is 0 Å². The molecule has 0 amide bonds. The lowest BCUT2D eigenvalue weighted by molar-refractivity contribution is 0.289. The maximum absolute atomic E-state index is 5.88. The van der Waals surface area contributed by atoms with E-state index in [4.69, 9.17) is 10.5 Å². The van der Waals surface area contributed by atoms with Crippen molar-refractivity contribution in [1.29, 1.82) is 0 Å². The van der Waals surface area contributed by atoms with Crippen LogP contribution in [0.25, 0.3) is 0 Å². The van der Waals surface area contributed by atoms with E-state index in [0.717, 1.165) is 17.9 Å². The Labute approximate surface area is 107 Å². The molecule has 2 aromatic rings. The SMILES string of the molecule is CCC(N)c1cn(CCOc2ccccc2)nn1. The van der Waals surface area contributed by atoms with Gasteiger partial charge >= 0.3 is 0 Å². The molecule has 0 saturated carbocycles. The molecule has 0 fully saturated rings. The van der Waals surface area contributed by atoms with Crippen molar-refractivity contribution in [2.75, 3.05) is 6.61 Å². The van der Waals surface area contributed by atoms with Gasteiger partial charge in [-0.05, 0) is 18.6 Å². The lowest BCUT2D eigenvalue weighted by atomic mass is 10.2. The molecule has 0 saturated heterocycles. The molecule has 5 heteroatoms. The zero-order chi connectivity index (χ0) is 12.8. The highest BCUT2D eigenvalue weighted by molar-refractivity contribution is 5.20. The monoisotopic (exact) mass is 246 g/mol. The number of hydrogen-bond acceptors (Lipinski definition) is 4. The summed E-state index contributed by atoms with van der Waals surface area (Å²) < 4.78 is 7.34. The van der Waals surface area contributed by atoms with Crippen LogP contribution in [0.5, 0.6) is 5.75 Å². The third-order valence-electron chi connectivity index (χ3n) is 2.71. The lowest BCUT2D eigenvalue weighted by Crippen LogP contribution is -2.10. The van der Waals surface area contributed by atoms with Gasteiger partial charge in [0, 0.05) is 0 Å². The molecule has 2 N–H and O–H groups in total. The molecule has 18 heavy (non-hydrogen) atoms. The Morgan fingerprint density at radius 2 is 2.11 bits per heavy atom. The molecule has 1 atom stereocenters. The average Bonchev–Trinajstić information content (AvgIpc) is 2.88. The molecule has 0 spiro atoms. The molecule has 0 aliphatic carbocycles. The topological polar surface area (TPSA) is 66.0 Å². The molecule has 2 rings (SSSR count). The van der Waals surface area contributed by atoms with E-state index in [0.29, 0.717) is 13.2 Å². The number of aromatic nitrogens is 3. The first-order chi connectivity index (χ1) is 8.79. The van der Waals surface area contributed by atoms with Crippen LogP contribution in [0.15, 0.2) is 36.5 Å². The Morgan fingerprint density at radius 3 is 2.83 bits per heavy atom. The van der Waals surface area contributed by atoms with Gasteiger partial charge in [-0.2, -0.15) is 0 Å². The van der Waals surface area contributed by atoms with Crippen LogP contribution in [0.3, 0.4) is 0 Å². The minimum absolute atomic E-state index is 0.0335. The van der Waals surface area contributed by atoms with E-state index in [1.54, 1.807) is 4.68 Å². The van der Waals surface area contributed by atoms with Crippen LogP contribution in [0, 0.1) is 0 Å². The van der Waals surface area contributed by atoms with Crippen molar-refractivity contribution in [2.24, 2.45) is 5.73 Å². The van der Waals surface area contributed by atoms with Crippen molar-refractivity contribution in [3.63, 3.8) is 0 Å². The number of rotatable bonds is 6. The second-order valence-corrected chi connectivity index (χ2v) is 4.08. The summed E-state index contributed by atoms with van der Waals surface area (Å²) in [5, 5.41) is 8.07. The number of para-hydroxylation sites is 1. The van der Waals surface area contributed by atoms with Crippen molar-refractivity contribution >= 4 is 0 Å². The summed E-state index contributed by atoms with van der Waals surface area (Å²) in [6.45, 7) is 3.26. The molecule has 1 unspecified atom stereocenters. The van der Waals surface area contributed by atoms with Crippen LogP contribution in [-0.2, 0) is 6.54 Å². The van der Waals surface area contributed by atoms with Gasteiger partial charge in [-0.25, -0.2) is 4.68 Å². The van der Waals surface area contributed by atoms with Crippen LogP contribution in [0.2, 0.25) is 0 Å². The second-order valence-electron chi connectivity index (χ2n) is 4.08. The molecule has 0 aliphatic heterocycles. The number of nitrogens with zero attached hydrogens (tertiary/aromatic N) is 3. The minimum Gasteiger partial charge on any atom is -0.492 e. The zero-order valence-corrected chi connectivity index (χ0v) is 10.5. The van der Waals surface area contributed by atoms with Crippen LogP contribution in [-0.4, -0.2) is 21.6 Å². The number of nitrogens with two attached hydrogens (primary N) is 1. The maximum atomic E-state index is 5.88. The molecular formula is C13H18N4O. The van der Waals surface area contributed by atoms with E-state index in [2.05, 4.69) is 10.3 Å². The Bertz CT molecular complexity index is 469. The first-order valence-corrected chi connectivity index (χ1v) is 6.13. The molecule has 1 heterocycles. The predicted octanol–water partition coefficient (Wildman–Crippen LogP) is 1.77. The highest BCUT2D eigenvalue weighted by atomic mass is 16.5. The Kier molecular flexibility index (Phi) is 4.30. The zero-order valence-electron chi connectivity index (χ0n) is 10.5. The third-order valence-corrected chi connectivity index (χ3v) is 2.71. The van der Waals surface area contributed by atoms with Crippen molar-refractivity contribution in [1.82, 2.24) is 15.0 Å². The quantitative estimate of drug-likeness (QED) is 0.843. The predicted molar refractivity (Wildman–Crippen MR) is 69.2 cm³/mol. The van der Waals surface area contributed by atoms with Gasteiger partial charge in [0.2, 0.25) is 0 Å². The van der Waals surface area contributed by atoms with Gasteiger partial charge in [0.25, 0.3) is 0 Å². The smallest absolute Gasteiger partial charge is 0.119 e. The summed E-state index contributed by atoms with van der Waals surface area (Å²) in [5.74, 6) is 0.864. The van der Waals surface area contributed by atoms with E-state index in [1.165, 1.54) is 0 Å². The van der Waals surface area contributed by atoms with Gasteiger partial charge in [-0.15, -0.1) is 5.10 Å². The van der Waals surface area contributed by atoms with Crippen molar-refractivity contribution in [2.45, 2.75) is 25.9 Å². The lowest BCUT2D eigenvalue weighted by Gasteiger charge is -2.05. The largest absolute Gasteiger partial charge is 0.492 e. The molecular weight excluding hydrogens is 228 g/mol. The van der Waals surface area contributed by atoms with Crippen LogP contribution < -0.4 is 10.5 Å². The second kappa shape index (κ2) is 6.16. The van der Waals surface area contributed by atoms with Crippen LogP contribution in [0.1, 0.15) is 25.1 Å². The minimum atomic E-state index is -0.0335. The van der Waals surface area contributed by atoms with Gasteiger partial charge in [0.1, 0.15) is 12.4 Å². The Hall–Kier alpha value is -1.88. The van der Waals surface area contributed by atoms with Gasteiger partial charge < -0.3 is 10.5 Å². The number of ether oxygens (including phenoxy) is 1. The highest BCUT2D eigenvalue weighted by Crippen LogP contribution is 2.10. The van der Waals surface area contributed by atoms with Crippen molar-refractivity contribution < 1.29 is 4.74 Å². The van der Waals surface area contributed by atoms with Gasteiger partial charge in [-0.3, -0.25) is 0 Å². The molecule has 5 nitrogen and oxygen atoms in total. The molecule has 1 aromatic heterocycles. The van der Waals surface area contributed by atoms with Crippen molar-refractivity contribution in [3.05, 3.63) is 42.2 Å². The fraction of sp³-hybridized carbons (Fsp3) is 0.385. The summed E-state index contributed by atoms with van der Waals surface area (Å²) in [4.78, 5) is 0. The first kappa shape index (κ1) is 12.6. The van der Waals surface area contributed by atoms with Crippen molar-refractivity contribution in [3.8, 4) is 5.75 Å². The Morgan fingerprint density at radius 1 is 1.33 bits per heavy atom. The van der Waals surface area contributed by atoms with E-state index >= 15 is 0 Å². The summed E-state index contributed by atoms with van der Waals surface area (Å²) in [6.07, 6.45) is 2.74. The molecule has 0 radical (unpaired) electrons. The standard InChI is InChI=1S/C13H18N4O/c1-2-12(14)13-10-17(16-15-13)8-9-18-11-6-4-3-5-7-11/h3-7,10,12H,2,8-9,14H2,1H3. The first-order valence-electron chi connectivity index (χ1n) is 6.13. The molecule has 96 valence electrons. The Balaban J connectivity index is 1.82. The fourth-order valence-electron chi connectivity index (χ4n) is 1.58. The summed E-state index contributed by atoms with van der Waals surface area (Å²) in [5.41, 5.74) is 6.71. The van der Waals surface area contributed by atoms with Gasteiger partial charge in [0.05, 0.1) is 24.5 Å². The fourth-order valence-corrected chi connectivity index (χ4v) is 1.58. The summed E-state index contributed by atoms with van der Waals surface area (Å²) in [6, 6.07) is 9.68. The van der Waals surface area contributed by atoms with E-state index in [-0.39, 0.29) is 6.04 Å². The summed E-state index contributed by atoms with van der Waals surface area (Å²) >= 11 is 0. The normalized spacial score (nSPS) is 12.3. The van der Waals surface area contributed by atoms with Gasteiger partial charge in [-0.1, -0.05) is 30.3 Å². The van der Waals surface area contributed by atoms with Gasteiger partial charge in [0.15, 0.2) is 0 Å².